The predicted molar refractivity (Wildman–Crippen MR) is 63.1 cm³/mol. The number of aromatic nitrogens is 1. The van der Waals surface area contributed by atoms with E-state index in [2.05, 4.69) is 10.3 Å². The summed E-state index contributed by atoms with van der Waals surface area (Å²) >= 11 is 0. The van der Waals surface area contributed by atoms with Gasteiger partial charge in [0.25, 0.3) is 0 Å². The third kappa shape index (κ3) is 3.51. The maximum Gasteiger partial charge on any atom is 0.0606 e. The van der Waals surface area contributed by atoms with Crippen LogP contribution in [0.5, 0.6) is 0 Å². The number of nitrogens with one attached hydrogen (secondary N) is 1. The molecule has 0 aliphatic rings. The second-order valence-electron chi connectivity index (χ2n) is 4.76. The molecule has 0 spiro atoms. The van der Waals surface area contributed by atoms with Crippen LogP contribution >= 0.6 is 0 Å². The van der Waals surface area contributed by atoms with Gasteiger partial charge >= 0.3 is 0 Å². The molecule has 3 heteroatoms. The van der Waals surface area contributed by atoms with E-state index in [1.54, 1.807) is 0 Å². The van der Waals surface area contributed by atoms with Gasteiger partial charge in [-0.1, -0.05) is 13.8 Å². The number of aliphatic hydroxyl groups is 1. The van der Waals surface area contributed by atoms with Crippen LogP contribution in [0.15, 0.2) is 12.1 Å². The first-order valence-electron chi connectivity index (χ1n) is 5.23. The number of aryl methyl sites for hydroxylation is 2. The molecule has 84 valence electrons. The Labute approximate surface area is 91.5 Å². The van der Waals surface area contributed by atoms with Crippen molar-refractivity contribution >= 4 is 5.69 Å². The maximum atomic E-state index is 9.13. The molecule has 2 N–H and O–H groups in total. The quantitative estimate of drug-likeness (QED) is 0.796. The zero-order valence-electron chi connectivity index (χ0n) is 9.96. The van der Waals surface area contributed by atoms with Gasteiger partial charge in [-0.05, 0) is 26.0 Å². The first-order chi connectivity index (χ1) is 6.94. The smallest absolute Gasteiger partial charge is 0.0606 e. The zero-order chi connectivity index (χ0) is 11.5. The van der Waals surface area contributed by atoms with Crippen molar-refractivity contribution < 1.29 is 5.11 Å². The third-order valence-corrected chi connectivity index (χ3v) is 2.41. The van der Waals surface area contributed by atoms with Gasteiger partial charge in [-0.25, -0.2) is 0 Å². The molecule has 0 bridgehead atoms. The minimum Gasteiger partial charge on any atom is -0.396 e. The average molecular weight is 208 g/mol. The van der Waals surface area contributed by atoms with Crippen molar-refractivity contribution in [2.45, 2.75) is 27.7 Å². The molecule has 0 fully saturated rings. The molecule has 1 rings (SSSR count). The molecule has 0 amide bonds. The van der Waals surface area contributed by atoms with Gasteiger partial charge in [0.2, 0.25) is 0 Å². The Morgan fingerprint density at radius 2 is 2.00 bits per heavy atom. The minimum atomic E-state index is -0.0999. The van der Waals surface area contributed by atoms with Gasteiger partial charge in [-0.15, -0.1) is 0 Å². The highest BCUT2D eigenvalue weighted by Gasteiger charge is 2.16. The lowest BCUT2D eigenvalue weighted by atomic mass is 9.95. The summed E-state index contributed by atoms with van der Waals surface area (Å²) in [6.45, 7) is 8.94. The largest absolute Gasteiger partial charge is 0.396 e. The topological polar surface area (TPSA) is 45.1 Å². The van der Waals surface area contributed by atoms with E-state index >= 15 is 0 Å². The van der Waals surface area contributed by atoms with Crippen LogP contribution in [0.1, 0.15) is 25.2 Å². The number of hydrogen-bond donors (Lipinski definition) is 2. The molecule has 1 aromatic rings. The molecule has 0 radical (unpaired) electrons. The minimum absolute atomic E-state index is 0.0999. The van der Waals surface area contributed by atoms with Gasteiger partial charge < -0.3 is 10.4 Å². The van der Waals surface area contributed by atoms with Gasteiger partial charge in [0.15, 0.2) is 0 Å². The number of nitrogens with zero attached hydrogens (tertiary/aromatic N) is 1. The Morgan fingerprint density at radius 1 is 1.33 bits per heavy atom. The lowest BCUT2D eigenvalue weighted by molar-refractivity contribution is 0.171. The fourth-order valence-electron chi connectivity index (χ4n) is 1.26. The fraction of sp³-hybridized carbons (Fsp3) is 0.583. The summed E-state index contributed by atoms with van der Waals surface area (Å²) in [6, 6.07) is 4.02. The Morgan fingerprint density at radius 3 is 2.53 bits per heavy atom. The molecule has 0 aliphatic heterocycles. The van der Waals surface area contributed by atoms with E-state index < -0.39 is 0 Å². The lowest BCUT2D eigenvalue weighted by Gasteiger charge is -2.23. The van der Waals surface area contributed by atoms with Crippen LogP contribution in [0, 0.1) is 19.3 Å². The van der Waals surface area contributed by atoms with Crippen LogP contribution in [0.4, 0.5) is 5.69 Å². The monoisotopic (exact) mass is 208 g/mol. The normalized spacial score (nSPS) is 11.5. The standard InChI is InChI=1S/C12H20N2O/c1-9-5-6-11(10(2)14-9)13-7-12(3,4)8-15/h5-6,13,15H,7-8H2,1-4H3. The van der Waals surface area contributed by atoms with Gasteiger partial charge in [0.05, 0.1) is 11.4 Å². The first kappa shape index (κ1) is 12.0. The van der Waals surface area contributed by atoms with E-state index in [9.17, 15) is 0 Å². The summed E-state index contributed by atoms with van der Waals surface area (Å²) < 4.78 is 0. The highest BCUT2D eigenvalue weighted by molar-refractivity contribution is 5.47. The Balaban J connectivity index is 2.66. The number of pyridine rings is 1. The molecule has 0 aromatic carbocycles. The molecule has 1 aromatic heterocycles. The van der Waals surface area contributed by atoms with E-state index in [0.29, 0.717) is 0 Å². The second kappa shape index (κ2) is 4.62. The molecule has 0 saturated carbocycles. The van der Waals surface area contributed by atoms with E-state index in [-0.39, 0.29) is 12.0 Å². The van der Waals surface area contributed by atoms with Crippen LogP contribution in [0.2, 0.25) is 0 Å². The molecule has 0 unspecified atom stereocenters. The van der Waals surface area contributed by atoms with E-state index in [1.807, 2.05) is 39.8 Å². The van der Waals surface area contributed by atoms with Crippen LogP contribution in [0.3, 0.4) is 0 Å². The SMILES string of the molecule is Cc1ccc(NCC(C)(C)CO)c(C)n1. The van der Waals surface area contributed by atoms with Crippen LogP contribution in [-0.4, -0.2) is 23.2 Å². The summed E-state index contributed by atoms with van der Waals surface area (Å²) in [5, 5.41) is 12.4. The van der Waals surface area contributed by atoms with Crippen molar-refractivity contribution in [3.63, 3.8) is 0 Å². The third-order valence-electron chi connectivity index (χ3n) is 2.41. The van der Waals surface area contributed by atoms with Crippen molar-refractivity contribution in [2.24, 2.45) is 5.41 Å². The Kier molecular flexibility index (Phi) is 3.69. The summed E-state index contributed by atoms with van der Waals surface area (Å²) in [5.41, 5.74) is 2.97. The van der Waals surface area contributed by atoms with Crippen LogP contribution in [-0.2, 0) is 0 Å². The van der Waals surface area contributed by atoms with Crippen molar-refractivity contribution in [3.8, 4) is 0 Å². The molecular weight excluding hydrogens is 188 g/mol. The number of anilines is 1. The second-order valence-corrected chi connectivity index (χ2v) is 4.76. The zero-order valence-corrected chi connectivity index (χ0v) is 9.96. The lowest BCUT2D eigenvalue weighted by Crippen LogP contribution is -2.27. The summed E-state index contributed by atoms with van der Waals surface area (Å²) in [5.74, 6) is 0. The highest BCUT2D eigenvalue weighted by atomic mass is 16.3. The fourth-order valence-corrected chi connectivity index (χ4v) is 1.26. The molecular formula is C12H20N2O. The Hall–Kier alpha value is -1.09. The average Bonchev–Trinajstić information content (AvgIpc) is 2.16. The molecule has 1 heterocycles. The van der Waals surface area contributed by atoms with Crippen LogP contribution < -0.4 is 5.32 Å². The maximum absolute atomic E-state index is 9.13. The van der Waals surface area contributed by atoms with Gasteiger partial charge in [0.1, 0.15) is 0 Å². The van der Waals surface area contributed by atoms with Crippen molar-refractivity contribution in [2.75, 3.05) is 18.5 Å². The summed E-state index contributed by atoms with van der Waals surface area (Å²) in [4.78, 5) is 4.38. The molecule has 0 saturated heterocycles. The first-order valence-corrected chi connectivity index (χ1v) is 5.23. The molecule has 3 nitrogen and oxygen atoms in total. The van der Waals surface area contributed by atoms with E-state index in [4.69, 9.17) is 5.11 Å². The van der Waals surface area contributed by atoms with Gasteiger partial charge in [-0.3, -0.25) is 4.98 Å². The number of aliphatic hydroxyl groups excluding tert-OH is 1. The van der Waals surface area contributed by atoms with E-state index in [0.717, 1.165) is 23.6 Å². The summed E-state index contributed by atoms with van der Waals surface area (Å²) in [7, 11) is 0. The molecule has 0 aliphatic carbocycles. The molecule has 15 heavy (non-hydrogen) atoms. The predicted octanol–water partition coefficient (Wildman–Crippen LogP) is 2.13. The van der Waals surface area contributed by atoms with E-state index in [1.165, 1.54) is 0 Å². The van der Waals surface area contributed by atoms with Crippen molar-refractivity contribution in [1.29, 1.82) is 0 Å². The molecule has 0 atom stereocenters. The summed E-state index contributed by atoms with van der Waals surface area (Å²) in [6.07, 6.45) is 0. The van der Waals surface area contributed by atoms with Crippen molar-refractivity contribution in [3.05, 3.63) is 23.5 Å². The van der Waals surface area contributed by atoms with Crippen molar-refractivity contribution in [1.82, 2.24) is 4.98 Å². The number of hydrogen-bond acceptors (Lipinski definition) is 3. The van der Waals surface area contributed by atoms with Gasteiger partial charge in [-0.2, -0.15) is 0 Å². The highest BCUT2D eigenvalue weighted by Crippen LogP contribution is 2.17. The van der Waals surface area contributed by atoms with Gasteiger partial charge in [0, 0.05) is 24.3 Å². The van der Waals surface area contributed by atoms with Crippen LogP contribution in [0.25, 0.3) is 0 Å². The number of rotatable bonds is 4. The Bertz CT molecular complexity index is 334.